The van der Waals surface area contributed by atoms with E-state index in [9.17, 15) is 18.0 Å². The van der Waals surface area contributed by atoms with Gasteiger partial charge in [-0.25, -0.2) is 0 Å². The van der Waals surface area contributed by atoms with Crippen molar-refractivity contribution < 1.29 is 18.0 Å². The van der Waals surface area contributed by atoms with Gasteiger partial charge in [-0.15, -0.1) is 0 Å². The number of hydrogen-bond acceptors (Lipinski definition) is 4. The third-order valence-electron chi connectivity index (χ3n) is 3.10. The third-order valence-corrected chi connectivity index (χ3v) is 3.83. The number of carbonyl (C=O) groups is 1. The van der Waals surface area contributed by atoms with Crippen molar-refractivity contribution >= 4 is 17.1 Å². The summed E-state index contributed by atoms with van der Waals surface area (Å²) in [5.74, 6) is -1.48. The molecule has 0 amide bonds. The van der Waals surface area contributed by atoms with Crippen LogP contribution in [-0.2, 0) is 17.4 Å². The van der Waals surface area contributed by atoms with Gasteiger partial charge in [-0.3, -0.25) is 9.78 Å². The lowest BCUT2D eigenvalue weighted by Crippen LogP contribution is -2.14. The highest BCUT2D eigenvalue weighted by atomic mass is 32.1. The van der Waals surface area contributed by atoms with Crippen LogP contribution in [0.1, 0.15) is 29.2 Å². The van der Waals surface area contributed by atoms with Gasteiger partial charge in [0, 0.05) is 12.6 Å². The zero-order valence-corrected chi connectivity index (χ0v) is 12.1. The Kier molecular flexibility index (Phi) is 4.93. The maximum Gasteiger partial charge on any atom is 0.417 e. The van der Waals surface area contributed by atoms with E-state index in [1.54, 1.807) is 0 Å². The fraction of sp³-hybridized carbons (Fsp3) is 0.267. The summed E-state index contributed by atoms with van der Waals surface area (Å²) in [4.78, 5) is 15.7. The van der Waals surface area contributed by atoms with Crippen molar-refractivity contribution in [1.29, 1.82) is 5.26 Å². The summed E-state index contributed by atoms with van der Waals surface area (Å²) < 4.78 is 37.4. The monoisotopic (exact) mass is 324 g/mol. The summed E-state index contributed by atoms with van der Waals surface area (Å²) >= 11 is 1.51. The number of aryl methyl sites for hydroxylation is 1. The molecule has 1 atom stereocenters. The molecule has 22 heavy (non-hydrogen) atoms. The lowest BCUT2D eigenvalue weighted by Gasteiger charge is -2.10. The smallest absolute Gasteiger partial charge is 0.298 e. The topological polar surface area (TPSA) is 53.8 Å². The minimum Gasteiger partial charge on any atom is -0.298 e. The van der Waals surface area contributed by atoms with Crippen molar-refractivity contribution in [2.75, 3.05) is 0 Å². The van der Waals surface area contributed by atoms with Gasteiger partial charge in [0.15, 0.2) is 5.78 Å². The molecule has 0 bridgehead atoms. The maximum absolute atomic E-state index is 12.5. The second-order valence-corrected chi connectivity index (χ2v) is 5.41. The van der Waals surface area contributed by atoms with Gasteiger partial charge in [0.2, 0.25) is 0 Å². The second kappa shape index (κ2) is 6.71. The van der Waals surface area contributed by atoms with E-state index >= 15 is 0 Å². The molecule has 2 aromatic rings. The quantitative estimate of drug-likeness (QED) is 0.836. The van der Waals surface area contributed by atoms with Crippen LogP contribution in [0, 0.1) is 11.3 Å². The van der Waals surface area contributed by atoms with Gasteiger partial charge < -0.3 is 0 Å². The Morgan fingerprint density at radius 1 is 1.36 bits per heavy atom. The Morgan fingerprint density at radius 3 is 2.64 bits per heavy atom. The van der Waals surface area contributed by atoms with Gasteiger partial charge in [0.25, 0.3) is 0 Å². The molecule has 2 rings (SSSR count). The molecule has 0 spiro atoms. The Labute approximate surface area is 129 Å². The SMILES string of the molecule is N#CC(C(=O)CCc1ccsc1)c1ccc(C(F)(F)F)cn1. The average Bonchev–Trinajstić information content (AvgIpc) is 2.99. The highest BCUT2D eigenvalue weighted by Crippen LogP contribution is 2.29. The van der Waals surface area contributed by atoms with Gasteiger partial charge in [-0.1, -0.05) is 0 Å². The summed E-state index contributed by atoms with van der Waals surface area (Å²) in [5, 5.41) is 12.9. The number of nitriles is 1. The van der Waals surface area contributed by atoms with E-state index in [-0.39, 0.29) is 17.9 Å². The molecule has 0 aliphatic rings. The van der Waals surface area contributed by atoms with Crippen LogP contribution in [-0.4, -0.2) is 10.8 Å². The predicted molar refractivity (Wildman–Crippen MR) is 75.2 cm³/mol. The second-order valence-electron chi connectivity index (χ2n) is 4.63. The first kappa shape index (κ1) is 16.2. The largest absolute Gasteiger partial charge is 0.417 e. The summed E-state index contributed by atoms with van der Waals surface area (Å²) in [7, 11) is 0. The first-order valence-electron chi connectivity index (χ1n) is 6.38. The van der Waals surface area contributed by atoms with Gasteiger partial charge >= 0.3 is 6.18 Å². The highest BCUT2D eigenvalue weighted by molar-refractivity contribution is 7.07. The number of nitrogens with zero attached hydrogens (tertiary/aromatic N) is 2. The molecule has 0 aliphatic heterocycles. The van der Waals surface area contributed by atoms with E-state index < -0.39 is 17.7 Å². The van der Waals surface area contributed by atoms with Crippen molar-refractivity contribution in [2.45, 2.75) is 24.9 Å². The van der Waals surface area contributed by atoms with Gasteiger partial charge in [-0.05, 0) is 40.9 Å². The summed E-state index contributed by atoms with van der Waals surface area (Å²) in [5.41, 5.74) is 0.139. The third kappa shape index (κ3) is 3.92. The van der Waals surface area contributed by atoms with Crippen LogP contribution in [0.4, 0.5) is 13.2 Å². The molecule has 114 valence electrons. The van der Waals surface area contributed by atoms with E-state index in [1.165, 1.54) is 11.3 Å². The van der Waals surface area contributed by atoms with Crippen molar-refractivity contribution in [3.63, 3.8) is 0 Å². The van der Waals surface area contributed by atoms with Crippen molar-refractivity contribution in [1.82, 2.24) is 4.98 Å². The van der Waals surface area contributed by atoms with Crippen LogP contribution in [0.3, 0.4) is 0 Å². The normalized spacial score (nSPS) is 12.6. The molecular formula is C15H11F3N2OS. The van der Waals surface area contributed by atoms with Crippen molar-refractivity contribution in [3.8, 4) is 6.07 Å². The van der Waals surface area contributed by atoms with Gasteiger partial charge in [0.1, 0.15) is 5.92 Å². The maximum atomic E-state index is 12.5. The molecule has 2 aromatic heterocycles. The molecule has 3 nitrogen and oxygen atoms in total. The minimum atomic E-state index is -4.49. The predicted octanol–water partition coefficient (Wildman–Crippen LogP) is 3.97. The van der Waals surface area contributed by atoms with Crippen molar-refractivity contribution in [2.24, 2.45) is 0 Å². The molecule has 2 heterocycles. The Bertz CT molecular complexity index is 672. The van der Waals surface area contributed by atoms with Crippen LogP contribution < -0.4 is 0 Å². The van der Waals surface area contributed by atoms with E-state index in [0.717, 1.165) is 17.7 Å². The summed E-state index contributed by atoms with van der Waals surface area (Å²) in [6.07, 6.45) is -3.19. The number of pyridine rings is 1. The van der Waals surface area contributed by atoms with Gasteiger partial charge in [-0.2, -0.15) is 29.8 Å². The summed E-state index contributed by atoms with van der Waals surface area (Å²) in [6.45, 7) is 0. The van der Waals surface area contributed by atoms with E-state index in [0.29, 0.717) is 12.6 Å². The minimum absolute atomic E-state index is 0.0471. The first-order valence-corrected chi connectivity index (χ1v) is 7.32. The lowest BCUT2D eigenvalue weighted by atomic mass is 9.96. The number of rotatable bonds is 5. The number of alkyl halides is 3. The fourth-order valence-corrected chi connectivity index (χ4v) is 2.60. The van der Waals surface area contributed by atoms with Crippen LogP contribution in [0.15, 0.2) is 35.2 Å². The molecule has 0 saturated carbocycles. The number of aromatic nitrogens is 1. The molecule has 0 radical (unpaired) electrons. The number of hydrogen-bond donors (Lipinski definition) is 0. The standard InChI is InChI=1S/C15H11F3N2OS/c16-15(17,18)11-2-3-13(20-8-11)12(7-19)14(21)4-1-10-5-6-22-9-10/h2-3,5-6,8-9,12H,1,4H2. The van der Waals surface area contributed by atoms with Crippen LogP contribution in [0.5, 0.6) is 0 Å². The zero-order valence-electron chi connectivity index (χ0n) is 11.3. The van der Waals surface area contributed by atoms with Crippen LogP contribution in [0.2, 0.25) is 0 Å². The molecule has 7 heteroatoms. The first-order chi connectivity index (χ1) is 10.4. The number of ketones is 1. The number of carbonyl (C=O) groups excluding carboxylic acids is 1. The molecular weight excluding hydrogens is 313 g/mol. The van der Waals surface area contributed by atoms with Crippen molar-refractivity contribution in [3.05, 3.63) is 52.0 Å². The molecule has 0 aliphatic carbocycles. The fourth-order valence-electron chi connectivity index (χ4n) is 1.89. The molecule has 1 unspecified atom stereocenters. The Balaban J connectivity index is 2.07. The zero-order chi connectivity index (χ0) is 16.2. The van der Waals surface area contributed by atoms with Crippen LogP contribution >= 0.6 is 11.3 Å². The molecule has 0 saturated heterocycles. The molecule has 0 fully saturated rings. The van der Waals surface area contributed by atoms with Crippen LogP contribution in [0.25, 0.3) is 0 Å². The Morgan fingerprint density at radius 2 is 2.14 bits per heavy atom. The Hall–Kier alpha value is -2.20. The highest BCUT2D eigenvalue weighted by Gasteiger charge is 2.31. The molecule has 0 N–H and O–H groups in total. The number of thiophene rings is 1. The summed E-state index contributed by atoms with van der Waals surface area (Å²) in [6, 6.07) is 5.62. The van der Waals surface area contributed by atoms with Gasteiger partial charge in [0.05, 0.1) is 17.3 Å². The lowest BCUT2D eigenvalue weighted by molar-refractivity contribution is -0.137. The number of halogens is 3. The molecule has 0 aromatic carbocycles. The average molecular weight is 324 g/mol. The number of Topliss-reactive ketones (excluding diaryl/α,β-unsaturated/α-hetero) is 1. The van der Waals surface area contributed by atoms with E-state index in [4.69, 9.17) is 5.26 Å². The van der Waals surface area contributed by atoms with E-state index in [2.05, 4.69) is 4.98 Å². The van der Waals surface area contributed by atoms with E-state index in [1.807, 2.05) is 22.9 Å².